The quantitative estimate of drug-likeness (QED) is 0.834. The van der Waals surface area contributed by atoms with Crippen molar-refractivity contribution in [2.75, 3.05) is 0 Å². The lowest BCUT2D eigenvalue weighted by Crippen LogP contribution is -2.18. The van der Waals surface area contributed by atoms with Gasteiger partial charge in [-0.05, 0) is 56.4 Å². The van der Waals surface area contributed by atoms with E-state index in [4.69, 9.17) is 5.73 Å². The summed E-state index contributed by atoms with van der Waals surface area (Å²) in [7, 11) is 0. The summed E-state index contributed by atoms with van der Waals surface area (Å²) in [4.78, 5) is 4.17. The van der Waals surface area contributed by atoms with Gasteiger partial charge in [-0.15, -0.1) is 0 Å². The summed E-state index contributed by atoms with van der Waals surface area (Å²) in [5.41, 5.74) is 12.6. The molecule has 3 rings (SSSR count). The fourth-order valence-electron chi connectivity index (χ4n) is 2.99. The zero-order valence-electron chi connectivity index (χ0n) is 11.0. The van der Waals surface area contributed by atoms with E-state index >= 15 is 0 Å². The second-order valence-electron chi connectivity index (χ2n) is 5.18. The van der Waals surface area contributed by atoms with E-state index in [1.54, 1.807) is 0 Å². The largest absolute Gasteiger partial charge is 0.324 e. The van der Waals surface area contributed by atoms with Gasteiger partial charge in [-0.1, -0.05) is 0 Å². The van der Waals surface area contributed by atoms with Crippen LogP contribution in [-0.4, -0.2) is 9.55 Å². The van der Waals surface area contributed by atoms with E-state index in [2.05, 4.69) is 35.5 Å². The van der Waals surface area contributed by atoms with E-state index in [1.165, 1.54) is 34.6 Å². The molecule has 0 saturated carbocycles. The minimum absolute atomic E-state index is 0.204. The van der Waals surface area contributed by atoms with Crippen molar-refractivity contribution in [1.29, 1.82) is 0 Å². The maximum Gasteiger partial charge on any atom is 0.0515 e. The van der Waals surface area contributed by atoms with Crippen molar-refractivity contribution in [2.24, 2.45) is 5.73 Å². The molecule has 2 aromatic heterocycles. The van der Waals surface area contributed by atoms with Crippen molar-refractivity contribution >= 4 is 0 Å². The molecule has 0 amide bonds. The van der Waals surface area contributed by atoms with E-state index in [1.807, 2.05) is 12.4 Å². The molecule has 18 heavy (non-hydrogen) atoms. The van der Waals surface area contributed by atoms with Crippen LogP contribution in [0.5, 0.6) is 0 Å². The molecule has 0 bridgehead atoms. The minimum Gasteiger partial charge on any atom is -0.324 e. The van der Waals surface area contributed by atoms with Crippen LogP contribution in [0.25, 0.3) is 5.69 Å². The van der Waals surface area contributed by atoms with Gasteiger partial charge in [0.2, 0.25) is 0 Å². The summed E-state index contributed by atoms with van der Waals surface area (Å²) in [6.07, 6.45) is 7.19. The molecule has 0 fully saturated rings. The Morgan fingerprint density at radius 1 is 1.39 bits per heavy atom. The first-order valence-electron chi connectivity index (χ1n) is 6.56. The number of pyridine rings is 1. The van der Waals surface area contributed by atoms with Gasteiger partial charge in [-0.2, -0.15) is 0 Å². The Kier molecular flexibility index (Phi) is 2.71. The van der Waals surface area contributed by atoms with Crippen LogP contribution in [0.1, 0.15) is 41.4 Å². The number of fused-ring (bicyclic) bond motifs is 1. The second-order valence-corrected chi connectivity index (χ2v) is 5.18. The molecule has 1 aliphatic carbocycles. The zero-order chi connectivity index (χ0) is 12.7. The number of aromatic nitrogens is 2. The van der Waals surface area contributed by atoms with Crippen LogP contribution in [0.2, 0.25) is 0 Å². The van der Waals surface area contributed by atoms with Gasteiger partial charge in [0.1, 0.15) is 0 Å². The van der Waals surface area contributed by atoms with Gasteiger partial charge in [0.25, 0.3) is 0 Å². The van der Waals surface area contributed by atoms with Crippen molar-refractivity contribution < 1.29 is 0 Å². The van der Waals surface area contributed by atoms with Crippen LogP contribution in [0.4, 0.5) is 0 Å². The molecule has 0 spiro atoms. The summed E-state index contributed by atoms with van der Waals surface area (Å²) in [6.45, 7) is 4.27. The number of rotatable bonds is 1. The first-order chi connectivity index (χ1) is 8.68. The van der Waals surface area contributed by atoms with Gasteiger partial charge >= 0.3 is 0 Å². The highest BCUT2D eigenvalue weighted by atomic mass is 15.0. The molecule has 3 heteroatoms. The molecule has 3 nitrogen and oxygen atoms in total. The highest BCUT2D eigenvalue weighted by Gasteiger charge is 2.23. The Balaban J connectivity index is 2.22. The standard InChI is InChI=1S/C15H19N3/c1-10-9-17-7-6-14(10)18-11(2)8-12-13(16)4-3-5-15(12)18/h6-9,13H,3-5,16H2,1-2H3. The van der Waals surface area contributed by atoms with Crippen LogP contribution in [-0.2, 0) is 6.42 Å². The summed E-state index contributed by atoms with van der Waals surface area (Å²) in [5, 5.41) is 0. The molecule has 0 aliphatic heterocycles. The lowest BCUT2D eigenvalue weighted by atomic mass is 9.93. The molecule has 2 N–H and O–H groups in total. The highest BCUT2D eigenvalue weighted by Crippen LogP contribution is 2.33. The predicted molar refractivity (Wildman–Crippen MR) is 72.9 cm³/mol. The molecular formula is C15H19N3. The van der Waals surface area contributed by atoms with Gasteiger partial charge in [-0.25, -0.2) is 0 Å². The van der Waals surface area contributed by atoms with Crippen molar-refractivity contribution in [1.82, 2.24) is 9.55 Å². The number of hydrogen-bond donors (Lipinski definition) is 1. The summed E-state index contributed by atoms with van der Waals surface area (Å²) < 4.78 is 2.35. The monoisotopic (exact) mass is 241 g/mol. The fraction of sp³-hybridized carbons (Fsp3) is 0.400. The fourth-order valence-corrected chi connectivity index (χ4v) is 2.99. The topological polar surface area (TPSA) is 43.8 Å². The first kappa shape index (κ1) is 11.5. The third-order valence-corrected chi connectivity index (χ3v) is 3.88. The lowest BCUT2D eigenvalue weighted by molar-refractivity contribution is 0.559. The Morgan fingerprint density at radius 3 is 3.00 bits per heavy atom. The third-order valence-electron chi connectivity index (χ3n) is 3.88. The Hall–Kier alpha value is -1.61. The smallest absolute Gasteiger partial charge is 0.0515 e. The Morgan fingerprint density at radius 2 is 2.22 bits per heavy atom. The maximum atomic E-state index is 6.22. The van der Waals surface area contributed by atoms with Gasteiger partial charge < -0.3 is 10.3 Å². The minimum atomic E-state index is 0.204. The van der Waals surface area contributed by atoms with Crippen molar-refractivity contribution in [3.63, 3.8) is 0 Å². The van der Waals surface area contributed by atoms with E-state index in [0.717, 1.165) is 12.8 Å². The number of nitrogens with zero attached hydrogens (tertiary/aromatic N) is 2. The first-order valence-corrected chi connectivity index (χ1v) is 6.56. The zero-order valence-corrected chi connectivity index (χ0v) is 11.0. The summed E-state index contributed by atoms with van der Waals surface area (Å²) >= 11 is 0. The Bertz CT molecular complexity index is 583. The van der Waals surface area contributed by atoms with Crippen LogP contribution < -0.4 is 5.73 Å². The average Bonchev–Trinajstić information content (AvgIpc) is 2.68. The number of aryl methyl sites for hydroxylation is 2. The van der Waals surface area contributed by atoms with Crippen LogP contribution >= 0.6 is 0 Å². The van der Waals surface area contributed by atoms with Gasteiger partial charge in [-0.3, -0.25) is 4.98 Å². The molecule has 0 saturated heterocycles. The average molecular weight is 241 g/mol. The van der Waals surface area contributed by atoms with Crippen molar-refractivity contribution in [3.05, 3.63) is 47.0 Å². The van der Waals surface area contributed by atoms with E-state index in [9.17, 15) is 0 Å². The third kappa shape index (κ3) is 1.66. The van der Waals surface area contributed by atoms with Crippen LogP contribution in [0.3, 0.4) is 0 Å². The lowest BCUT2D eigenvalue weighted by Gasteiger charge is -2.21. The van der Waals surface area contributed by atoms with Crippen LogP contribution in [0, 0.1) is 13.8 Å². The van der Waals surface area contributed by atoms with Crippen LogP contribution in [0.15, 0.2) is 24.5 Å². The SMILES string of the molecule is Cc1cnccc1-n1c(C)cc2c1CCCC2N. The van der Waals surface area contributed by atoms with Crippen molar-refractivity contribution in [2.45, 2.75) is 39.2 Å². The van der Waals surface area contributed by atoms with Gasteiger partial charge in [0.05, 0.1) is 5.69 Å². The molecule has 1 atom stereocenters. The molecule has 2 heterocycles. The van der Waals surface area contributed by atoms with E-state index < -0.39 is 0 Å². The number of nitrogens with two attached hydrogens (primary N) is 1. The summed E-state index contributed by atoms with van der Waals surface area (Å²) in [5.74, 6) is 0. The molecular weight excluding hydrogens is 222 g/mol. The maximum absolute atomic E-state index is 6.22. The van der Waals surface area contributed by atoms with Crippen molar-refractivity contribution in [3.8, 4) is 5.69 Å². The number of hydrogen-bond acceptors (Lipinski definition) is 2. The molecule has 2 aromatic rings. The summed E-state index contributed by atoms with van der Waals surface area (Å²) in [6, 6.07) is 4.54. The molecule has 1 unspecified atom stereocenters. The molecule has 1 aliphatic rings. The van der Waals surface area contributed by atoms with Gasteiger partial charge in [0.15, 0.2) is 0 Å². The molecule has 0 aromatic carbocycles. The predicted octanol–water partition coefficient (Wildman–Crippen LogP) is 2.83. The molecule has 0 radical (unpaired) electrons. The highest BCUT2D eigenvalue weighted by molar-refractivity contribution is 5.46. The van der Waals surface area contributed by atoms with Gasteiger partial charge in [0, 0.05) is 29.8 Å². The Labute approximate surface area is 108 Å². The van der Waals surface area contributed by atoms with E-state index in [-0.39, 0.29) is 6.04 Å². The van der Waals surface area contributed by atoms with E-state index in [0.29, 0.717) is 0 Å². The second kappa shape index (κ2) is 4.25. The normalized spacial score (nSPS) is 18.7. The molecule has 94 valence electrons.